The highest BCUT2D eigenvalue weighted by molar-refractivity contribution is 8.01. The molecule has 166 valence electrons. The maximum absolute atomic E-state index is 12.3. The van der Waals surface area contributed by atoms with Gasteiger partial charge in [0.2, 0.25) is 11.0 Å². The van der Waals surface area contributed by atoms with E-state index in [1.807, 2.05) is 0 Å². The number of hydrogen-bond donors (Lipinski definition) is 2. The van der Waals surface area contributed by atoms with Crippen LogP contribution in [0.3, 0.4) is 0 Å². The molecule has 0 atom stereocenters. The van der Waals surface area contributed by atoms with E-state index in [2.05, 4.69) is 20.8 Å². The molecule has 0 saturated carbocycles. The highest BCUT2D eigenvalue weighted by Crippen LogP contribution is 2.26. The van der Waals surface area contributed by atoms with Crippen molar-refractivity contribution in [1.82, 2.24) is 10.2 Å². The van der Waals surface area contributed by atoms with Gasteiger partial charge in [0.15, 0.2) is 4.34 Å². The monoisotopic (exact) mass is 472 g/mol. The molecule has 0 bridgehead atoms. The first-order chi connectivity index (χ1) is 15.5. The zero-order valence-electron chi connectivity index (χ0n) is 17.3. The Labute approximate surface area is 192 Å². The van der Waals surface area contributed by atoms with Gasteiger partial charge in [0.1, 0.15) is 5.75 Å². The topological polar surface area (TPSA) is 120 Å². The molecule has 1 aromatic heterocycles. The molecule has 0 spiro atoms. The van der Waals surface area contributed by atoms with Crippen molar-refractivity contribution >= 4 is 51.7 Å². The Bertz CT molecular complexity index is 1080. The number of ether oxygens (including phenoxy) is 2. The van der Waals surface area contributed by atoms with Crippen LogP contribution in [0.15, 0.2) is 52.9 Å². The zero-order chi connectivity index (χ0) is 22.9. The van der Waals surface area contributed by atoms with Gasteiger partial charge in [-0.3, -0.25) is 14.9 Å². The normalized spacial score (nSPS) is 10.3. The lowest BCUT2D eigenvalue weighted by atomic mass is 10.2. The summed E-state index contributed by atoms with van der Waals surface area (Å²) in [6.07, 6.45) is 0. The SMILES string of the molecule is CCOC(=O)c1ccc(NC(=O)CSc2nnc(NC(=O)c3ccc(OC)cc3)s2)cc1. The van der Waals surface area contributed by atoms with Gasteiger partial charge in [0, 0.05) is 11.3 Å². The van der Waals surface area contributed by atoms with Gasteiger partial charge in [-0.1, -0.05) is 23.1 Å². The fraction of sp³-hybridized carbons (Fsp3) is 0.190. The van der Waals surface area contributed by atoms with Gasteiger partial charge in [-0.25, -0.2) is 4.79 Å². The number of esters is 1. The van der Waals surface area contributed by atoms with Gasteiger partial charge < -0.3 is 14.8 Å². The number of nitrogens with one attached hydrogen (secondary N) is 2. The number of benzene rings is 2. The summed E-state index contributed by atoms with van der Waals surface area (Å²) in [5, 5.41) is 13.7. The molecule has 0 saturated heterocycles. The number of aromatic nitrogens is 2. The zero-order valence-corrected chi connectivity index (χ0v) is 18.9. The maximum atomic E-state index is 12.3. The number of methoxy groups -OCH3 is 1. The van der Waals surface area contributed by atoms with E-state index in [1.54, 1.807) is 62.6 Å². The predicted octanol–water partition coefficient (Wildman–Crippen LogP) is 3.71. The van der Waals surface area contributed by atoms with E-state index in [0.717, 1.165) is 0 Å². The van der Waals surface area contributed by atoms with Crippen LogP contribution in [-0.4, -0.2) is 47.5 Å². The Hall–Kier alpha value is -3.44. The molecule has 1 heterocycles. The highest BCUT2D eigenvalue weighted by atomic mass is 32.2. The molecule has 0 aliphatic carbocycles. The van der Waals surface area contributed by atoms with Crippen LogP contribution in [0.4, 0.5) is 10.8 Å². The quantitative estimate of drug-likeness (QED) is 0.275. The van der Waals surface area contributed by atoms with Crippen LogP contribution in [0.2, 0.25) is 0 Å². The molecule has 0 aliphatic heterocycles. The molecular formula is C21H20N4O5S2. The van der Waals surface area contributed by atoms with E-state index >= 15 is 0 Å². The van der Waals surface area contributed by atoms with Crippen LogP contribution < -0.4 is 15.4 Å². The summed E-state index contributed by atoms with van der Waals surface area (Å²) in [4.78, 5) is 36.1. The summed E-state index contributed by atoms with van der Waals surface area (Å²) in [5.74, 6) is -0.195. The molecule has 3 rings (SSSR count). The number of hydrogen-bond acceptors (Lipinski definition) is 9. The largest absolute Gasteiger partial charge is 0.497 e. The second-order valence-corrected chi connectivity index (χ2v) is 8.39. The van der Waals surface area contributed by atoms with E-state index < -0.39 is 5.97 Å². The highest BCUT2D eigenvalue weighted by Gasteiger charge is 2.13. The number of nitrogens with zero attached hydrogens (tertiary/aromatic N) is 2. The third-order valence-electron chi connectivity index (χ3n) is 3.99. The molecule has 0 radical (unpaired) electrons. The van der Waals surface area contributed by atoms with Crippen molar-refractivity contribution < 1.29 is 23.9 Å². The fourth-order valence-electron chi connectivity index (χ4n) is 2.46. The van der Waals surface area contributed by atoms with Gasteiger partial charge in [0.05, 0.1) is 25.0 Å². The van der Waals surface area contributed by atoms with E-state index in [9.17, 15) is 14.4 Å². The minimum absolute atomic E-state index is 0.112. The first-order valence-corrected chi connectivity index (χ1v) is 11.3. The Morgan fingerprint density at radius 2 is 1.66 bits per heavy atom. The van der Waals surface area contributed by atoms with Crippen molar-refractivity contribution in [1.29, 1.82) is 0 Å². The Morgan fingerprint density at radius 3 is 2.31 bits per heavy atom. The molecule has 0 aliphatic rings. The van der Waals surface area contributed by atoms with Crippen LogP contribution in [-0.2, 0) is 9.53 Å². The van der Waals surface area contributed by atoms with Crippen LogP contribution >= 0.6 is 23.1 Å². The number of rotatable bonds is 9. The van der Waals surface area contributed by atoms with Crippen LogP contribution in [0.1, 0.15) is 27.6 Å². The van der Waals surface area contributed by atoms with Crippen molar-refractivity contribution in [3.8, 4) is 5.75 Å². The molecule has 3 aromatic rings. The second-order valence-electron chi connectivity index (χ2n) is 6.19. The van der Waals surface area contributed by atoms with Crippen molar-refractivity contribution in [2.24, 2.45) is 0 Å². The lowest BCUT2D eigenvalue weighted by Gasteiger charge is -2.06. The smallest absolute Gasteiger partial charge is 0.338 e. The number of amides is 2. The summed E-state index contributed by atoms with van der Waals surface area (Å²) in [5.41, 5.74) is 1.44. The first-order valence-electron chi connectivity index (χ1n) is 9.47. The van der Waals surface area contributed by atoms with Gasteiger partial charge in [-0.2, -0.15) is 0 Å². The number of anilines is 2. The summed E-state index contributed by atoms with van der Waals surface area (Å²) in [6.45, 7) is 2.03. The van der Waals surface area contributed by atoms with Gasteiger partial charge in [-0.05, 0) is 55.5 Å². The van der Waals surface area contributed by atoms with Gasteiger partial charge >= 0.3 is 5.97 Å². The summed E-state index contributed by atoms with van der Waals surface area (Å²) < 4.78 is 10.5. The molecule has 2 aromatic carbocycles. The molecule has 32 heavy (non-hydrogen) atoms. The minimum Gasteiger partial charge on any atom is -0.497 e. The van der Waals surface area contributed by atoms with E-state index in [1.165, 1.54) is 23.1 Å². The fourth-order valence-corrected chi connectivity index (χ4v) is 4.01. The van der Waals surface area contributed by atoms with Gasteiger partial charge in [0.25, 0.3) is 5.91 Å². The molecule has 2 amide bonds. The molecule has 0 fully saturated rings. The summed E-state index contributed by atoms with van der Waals surface area (Å²) >= 11 is 2.38. The van der Waals surface area contributed by atoms with Crippen molar-refractivity contribution in [2.45, 2.75) is 11.3 Å². The summed E-state index contributed by atoms with van der Waals surface area (Å²) in [7, 11) is 1.55. The lowest BCUT2D eigenvalue weighted by Crippen LogP contribution is -2.14. The van der Waals surface area contributed by atoms with Crippen LogP contribution in [0.25, 0.3) is 0 Å². The lowest BCUT2D eigenvalue weighted by molar-refractivity contribution is -0.113. The Morgan fingerprint density at radius 1 is 0.969 bits per heavy atom. The van der Waals surface area contributed by atoms with E-state index in [-0.39, 0.29) is 17.6 Å². The summed E-state index contributed by atoms with van der Waals surface area (Å²) in [6, 6.07) is 13.1. The molecule has 2 N–H and O–H groups in total. The first kappa shape index (κ1) is 23.2. The molecule has 0 unspecified atom stereocenters. The van der Waals surface area contributed by atoms with Crippen LogP contribution in [0, 0.1) is 0 Å². The maximum Gasteiger partial charge on any atom is 0.338 e. The minimum atomic E-state index is -0.410. The average molecular weight is 473 g/mol. The molecular weight excluding hydrogens is 452 g/mol. The Balaban J connectivity index is 1.47. The van der Waals surface area contributed by atoms with Crippen LogP contribution in [0.5, 0.6) is 5.75 Å². The van der Waals surface area contributed by atoms with Crippen molar-refractivity contribution in [2.75, 3.05) is 30.1 Å². The molecule has 11 heteroatoms. The van der Waals surface area contributed by atoms with Crippen molar-refractivity contribution in [3.05, 3.63) is 59.7 Å². The third-order valence-corrected chi connectivity index (χ3v) is 5.96. The third kappa shape index (κ3) is 6.53. The number of carbonyl (C=O) groups excluding carboxylic acids is 3. The number of thioether (sulfide) groups is 1. The van der Waals surface area contributed by atoms with Gasteiger partial charge in [-0.15, -0.1) is 10.2 Å². The predicted molar refractivity (Wildman–Crippen MR) is 123 cm³/mol. The van der Waals surface area contributed by atoms with E-state index in [4.69, 9.17) is 9.47 Å². The molecule has 9 nitrogen and oxygen atoms in total. The van der Waals surface area contributed by atoms with Crippen molar-refractivity contribution in [3.63, 3.8) is 0 Å². The second kappa shape index (κ2) is 11.3. The average Bonchev–Trinajstić information content (AvgIpc) is 3.25. The number of carbonyl (C=O) groups is 3. The standard InChI is InChI=1S/C21H20N4O5S2/c1-3-30-19(28)14-4-8-15(9-5-14)22-17(26)12-31-21-25-24-20(32-21)23-18(27)13-6-10-16(29-2)11-7-13/h4-11H,3,12H2,1-2H3,(H,22,26)(H,23,24,27). The van der Waals surface area contributed by atoms with E-state index in [0.29, 0.717) is 38.6 Å². The Kier molecular flexibility index (Phi) is 8.17.